The van der Waals surface area contributed by atoms with E-state index in [1.54, 1.807) is 6.26 Å². The first-order valence-electron chi connectivity index (χ1n) is 5.77. The van der Waals surface area contributed by atoms with Crippen LogP contribution >= 0.6 is 0 Å². The number of aliphatic hydroxyl groups is 1. The van der Waals surface area contributed by atoms with Crippen LogP contribution in [0.5, 0.6) is 0 Å². The van der Waals surface area contributed by atoms with Crippen LogP contribution in [0, 0.1) is 5.92 Å². The van der Waals surface area contributed by atoms with Crippen LogP contribution in [0.2, 0.25) is 0 Å². The van der Waals surface area contributed by atoms with E-state index in [2.05, 4.69) is 19.2 Å². The molecule has 0 aliphatic carbocycles. The van der Waals surface area contributed by atoms with Crippen LogP contribution in [0.3, 0.4) is 0 Å². The summed E-state index contributed by atoms with van der Waals surface area (Å²) in [5, 5.41) is 12.8. The van der Waals surface area contributed by atoms with Gasteiger partial charge in [-0.15, -0.1) is 0 Å². The molecule has 3 heteroatoms. The molecule has 0 amide bonds. The predicted octanol–water partition coefficient (Wildman–Crippen LogP) is 2.29. The fourth-order valence-corrected chi connectivity index (χ4v) is 1.52. The van der Waals surface area contributed by atoms with E-state index in [0.29, 0.717) is 12.5 Å². The van der Waals surface area contributed by atoms with Crippen LogP contribution in [0.1, 0.15) is 26.0 Å². The number of furan rings is 1. The molecule has 0 saturated carbocycles. The zero-order chi connectivity index (χ0) is 11.8. The van der Waals surface area contributed by atoms with E-state index in [4.69, 9.17) is 4.42 Å². The summed E-state index contributed by atoms with van der Waals surface area (Å²) >= 11 is 0. The molecule has 0 aromatic carbocycles. The van der Waals surface area contributed by atoms with Gasteiger partial charge in [0.05, 0.1) is 12.4 Å². The third-order valence-corrected chi connectivity index (χ3v) is 2.21. The maximum Gasteiger partial charge on any atom is 0.126 e. The number of aliphatic hydroxyl groups excluding tert-OH is 1. The predicted molar refractivity (Wildman–Crippen MR) is 66.1 cm³/mol. The van der Waals surface area contributed by atoms with Crippen LogP contribution < -0.4 is 5.32 Å². The molecule has 16 heavy (non-hydrogen) atoms. The van der Waals surface area contributed by atoms with Gasteiger partial charge in [-0.2, -0.15) is 0 Å². The molecule has 1 aromatic heterocycles. The van der Waals surface area contributed by atoms with Gasteiger partial charge in [0.1, 0.15) is 5.76 Å². The van der Waals surface area contributed by atoms with E-state index in [1.165, 1.54) is 0 Å². The second-order valence-electron chi connectivity index (χ2n) is 4.36. The molecule has 0 saturated heterocycles. The molecule has 1 aromatic rings. The van der Waals surface area contributed by atoms with Crippen molar-refractivity contribution in [2.24, 2.45) is 5.92 Å². The lowest BCUT2D eigenvalue weighted by Gasteiger charge is -2.12. The van der Waals surface area contributed by atoms with Gasteiger partial charge in [0.25, 0.3) is 0 Å². The first-order valence-corrected chi connectivity index (χ1v) is 5.77. The summed E-state index contributed by atoms with van der Waals surface area (Å²) in [6, 6.07) is 3.77. The van der Waals surface area contributed by atoms with Crippen molar-refractivity contribution >= 4 is 6.08 Å². The van der Waals surface area contributed by atoms with E-state index in [1.807, 2.05) is 24.3 Å². The van der Waals surface area contributed by atoms with Gasteiger partial charge in [-0.3, -0.25) is 0 Å². The average Bonchev–Trinajstić information content (AvgIpc) is 2.68. The number of rotatable bonds is 7. The summed E-state index contributed by atoms with van der Waals surface area (Å²) < 4.78 is 5.15. The quantitative estimate of drug-likeness (QED) is 0.697. The SMILES string of the molecule is CC(C)CC(O)CNC/C=C/c1ccco1. The molecular formula is C13H21NO2. The highest BCUT2D eigenvalue weighted by molar-refractivity contribution is 5.42. The number of nitrogens with one attached hydrogen (secondary N) is 1. The molecule has 2 N–H and O–H groups in total. The molecule has 1 heterocycles. The monoisotopic (exact) mass is 223 g/mol. The molecule has 0 aliphatic heterocycles. The Bertz CT molecular complexity index is 291. The molecule has 1 unspecified atom stereocenters. The minimum absolute atomic E-state index is 0.253. The molecule has 0 spiro atoms. The summed E-state index contributed by atoms with van der Waals surface area (Å²) in [4.78, 5) is 0. The van der Waals surface area contributed by atoms with E-state index in [-0.39, 0.29) is 6.10 Å². The second-order valence-corrected chi connectivity index (χ2v) is 4.36. The van der Waals surface area contributed by atoms with Gasteiger partial charge in [0, 0.05) is 13.1 Å². The normalized spacial score (nSPS) is 13.8. The van der Waals surface area contributed by atoms with Crippen LogP contribution in [-0.2, 0) is 0 Å². The smallest absolute Gasteiger partial charge is 0.126 e. The van der Waals surface area contributed by atoms with Crippen LogP contribution in [0.25, 0.3) is 6.08 Å². The highest BCUT2D eigenvalue weighted by Gasteiger charge is 2.04. The molecular weight excluding hydrogens is 202 g/mol. The highest BCUT2D eigenvalue weighted by atomic mass is 16.3. The van der Waals surface area contributed by atoms with Crippen molar-refractivity contribution in [1.82, 2.24) is 5.32 Å². The van der Waals surface area contributed by atoms with Crippen molar-refractivity contribution in [1.29, 1.82) is 0 Å². The minimum Gasteiger partial charge on any atom is -0.465 e. The number of hydrogen-bond donors (Lipinski definition) is 2. The van der Waals surface area contributed by atoms with Gasteiger partial charge < -0.3 is 14.8 Å². The van der Waals surface area contributed by atoms with Crippen molar-refractivity contribution in [2.75, 3.05) is 13.1 Å². The Morgan fingerprint density at radius 2 is 2.31 bits per heavy atom. The van der Waals surface area contributed by atoms with Crippen LogP contribution in [-0.4, -0.2) is 24.3 Å². The first kappa shape index (κ1) is 13.0. The molecule has 0 radical (unpaired) electrons. The minimum atomic E-state index is -0.253. The lowest BCUT2D eigenvalue weighted by Crippen LogP contribution is -2.27. The Labute approximate surface area is 97.2 Å². The number of hydrogen-bond acceptors (Lipinski definition) is 3. The molecule has 0 bridgehead atoms. The fourth-order valence-electron chi connectivity index (χ4n) is 1.52. The van der Waals surface area contributed by atoms with Gasteiger partial charge in [-0.25, -0.2) is 0 Å². The zero-order valence-electron chi connectivity index (χ0n) is 10.0. The summed E-state index contributed by atoms with van der Waals surface area (Å²) in [6.45, 7) is 5.61. The van der Waals surface area contributed by atoms with Crippen LogP contribution in [0.4, 0.5) is 0 Å². The third kappa shape index (κ3) is 5.73. The fraction of sp³-hybridized carbons (Fsp3) is 0.538. The summed E-state index contributed by atoms with van der Waals surface area (Å²) in [6.07, 6.45) is 6.15. The Kier molecular flexibility index (Phi) is 5.90. The Morgan fingerprint density at radius 3 is 2.94 bits per heavy atom. The summed E-state index contributed by atoms with van der Waals surface area (Å²) in [5.74, 6) is 1.39. The summed E-state index contributed by atoms with van der Waals surface area (Å²) in [5.41, 5.74) is 0. The lowest BCUT2D eigenvalue weighted by molar-refractivity contribution is 0.148. The van der Waals surface area contributed by atoms with Crippen molar-refractivity contribution in [3.8, 4) is 0 Å². The van der Waals surface area contributed by atoms with Gasteiger partial charge in [0.15, 0.2) is 0 Å². The molecule has 0 fully saturated rings. The molecule has 1 atom stereocenters. The first-order chi connectivity index (χ1) is 7.68. The van der Waals surface area contributed by atoms with Gasteiger partial charge >= 0.3 is 0 Å². The van der Waals surface area contributed by atoms with Gasteiger partial charge in [-0.1, -0.05) is 19.9 Å². The standard InChI is InChI=1S/C13H21NO2/c1-11(2)9-12(15)10-14-7-3-5-13-6-4-8-16-13/h3-6,8,11-12,14-15H,7,9-10H2,1-2H3/b5-3+. The van der Waals surface area contributed by atoms with E-state index < -0.39 is 0 Å². The van der Waals surface area contributed by atoms with Crippen molar-refractivity contribution in [2.45, 2.75) is 26.4 Å². The summed E-state index contributed by atoms with van der Waals surface area (Å²) in [7, 11) is 0. The van der Waals surface area contributed by atoms with E-state index >= 15 is 0 Å². The van der Waals surface area contributed by atoms with Crippen molar-refractivity contribution in [3.63, 3.8) is 0 Å². The highest BCUT2D eigenvalue weighted by Crippen LogP contribution is 2.03. The Balaban J connectivity index is 2.07. The van der Waals surface area contributed by atoms with E-state index in [0.717, 1.165) is 18.7 Å². The average molecular weight is 223 g/mol. The van der Waals surface area contributed by atoms with Crippen LogP contribution in [0.15, 0.2) is 28.9 Å². The Morgan fingerprint density at radius 1 is 1.50 bits per heavy atom. The van der Waals surface area contributed by atoms with E-state index in [9.17, 15) is 5.11 Å². The molecule has 90 valence electrons. The van der Waals surface area contributed by atoms with Gasteiger partial charge in [0.2, 0.25) is 0 Å². The molecule has 0 aliphatic rings. The zero-order valence-corrected chi connectivity index (χ0v) is 10.0. The Hall–Kier alpha value is -1.06. The largest absolute Gasteiger partial charge is 0.465 e. The maximum atomic E-state index is 9.60. The second kappa shape index (κ2) is 7.25. The topological polar surface area (TPSA) is 45.4 Å². The molecule has 1 rings (SSSR count). The van der Waals surface area contributed by atoms with Crippen molar-refractivity contribution < 1.29 is 9.52 Å². The van der Waals surface area contributed by atoms with Crippen molar-refractivity contribution in [3.05, 3.63) is 30.2 Å². The van der Waals surface area contributed by atoms with Gasteiger partial charge in [-0.05, 0) is 30.5 Å². The lowest BCUT2D eigenvalue weighted by atomic mass is 10.1. The third-order valence-electron chi connectivity index (χ3n) is 2.21. The maximum absolute atomic E-state index is 9.60. The molecule has 3 nitrogen and oxygen atoms in total.